The second kappa shape index (κ2) is 12.5. The molecule has 2 unspecified atom stereocenters. The summed E-state index contributed by atoms with van der Waals surface area (Å²) in [4.78, 5) is 2.34. The first-order valence-electron chi connectivity index (χ1n) is 17.8. The zero-order valence-electron chi connectivity index (χ0n) is 28.4. The van der Waals surface area contributed by atoms with Crippen molar-refractivity contribution in [1.29, 1.82) is 0 Å². The summed E-state index contributed by atoms with van der Waals surface area (Å²) >= 11 is 0. The Balaban J connectivity index is 1.20. The van der Waals surface area contributed by atoms with E-state index < -0.39 is 0 Å². The summed E-state index contributed by atoms with van der Waals surface area (Å²) in [5.74, 6) is 0. The Kier molecular flexibility index (Phi) is 7.24. The van der Waals surface area contributed by atoms with Gasteiger partial charge in [-0.2, -0.15) is 0 Å². The molecule has 2 heterocycles. The van der Waals surface area contributed by atoms with E-state index in [1.807, 2.05) is 0 Å². The van der Waals surface area contributed by atoms with E-state index in [0.717, 1.165) is 50.4 Å². The Morgan fingerprint density at radius 2 is 1.08 bits per heavy atom. The first-order chi connectivity index (χ1) is 25.8. The van der Waals surface area contributed by atoms with Gasteiger partial charge in [-0.1, -0.05) is 140 Å². The number of nitrogens with one attached hydrogen (secondary N) is 2. The van der Waals surface area contributed by atoms with Crippen molar-refractivity contribution >= 4 is 61.1 Å². The SMILES string of the molecule is c1ccc(-c2ccc(N(c3ccc4ccccc4c3)c3ccc(C4Nc5ccccc5NC4c4ccccc4)c4c3oc3ccccc34)cc2)cc1. The zero-order chi connectivity index (χ0) is 34.4. The maximum Gasteiger partial charge on any atom is 0.159 e. The smallest absolute Gasteiger partial charge is 0.159 e. The quantitative estimate of drug-likeness (QED) is 0.185. The molecule has 9 aromatic rings. The van der Waals surface area contributed by atoms with Crippen molar-refractivity contribution in [2.45, 2.75) is 12.1 Å². The molecule has 4 heteroatoms. The molecule has 0 fully saturated rings. The van der Waals surface area contributed by atoms with Crippen LogP contribution in [-0.2, 0) is 0 Å². The number of furan rings is 1. The van der Waals surface area contributed by atoms with E-state index in [0.29, 0.717) is 0 Å². The van der Waals surface area contributed by atoms with Gasteiger partial charge in [0, 0.05) is 22.1 Å². The summed E-state index contributed by atoms with van der Waals surface area (Å²) in [6, 6.07) is 66.7. The molecule has 8 aromatic carbocycles. The van der Waals surface area contributed by atoms with E-state index in [1.165, 1.54) is 33.0 Å². The molecular weight excluding hydrogens is 635 g/mol. The minimum Gasteiger partial charge on any atom is -0.454 e. The predicted octanol–water partition coefficient (Wildman–Crippen LogP) is 13.2. The predicted molar refractivity (Wildman–Crippen MR) is 217 cm³/mol. The van der Waals surface area contributed by atoms with Gasteiger partial charge in [0.15, 0.2) is 5.58 Å². The average molecular weight is 670 g/mol. The molecule has 0 saturated carbocycles. The zero-order valence-corrected chi connectivity index (χ0v) is 28.4. The highest BCUT2D eigenvalue weighted by Gasteiger charge is 2.33. The van der Waals surface area contributed by atoms with Crippen molar-refractivity contribution in [2.24, 2.45) is 0 Å². The van der Waals surface area contributed by atoms with Crippen molar-refractivity contribution in [2.75, 3.05) is 15.5 Å². The Morgan fingerprint density at radius 3 is 1.87 bits per heavy atom. The molecule has 2 atom stereocenters. The number of hydrogen-bond acceptors (Lipinski definition) is 4. The van der Waals surface area contributed by atoms with Crippen molar-refractivity contribution in [1.82, 2.24) is 0 Å². The molecule has 0 aliphatic carbocycles. The van der Waals surface area contributed by atoms with Crippen LogP contribution in [0.25, 0.3) is 43.8 Å². The van der Waals surface area contributed by atoms with E-state index in [9.17, 15) is 0 Å². The third kappa shape index (κ3) is 5.16. The van der Waals surface area contributed by atoms with Gasteiger partial charge in [-0.15, -0.1) is 0 Å². The molecule has 0 bridgehead atoms. The van der Waals surface area contributed by atoms with Crippen LogP contribution >= 0.6 is 0 Å². The Labute approximate surface area is 302 Å². The molecular formula is C48H35N3O. The van der Waals surface area contributed by atoms with Gasteiger partial charge in [-0.3, -0.25) is 0 Å². The standard InChI is InChI=1S/C48H35N3O/c1-3-13-32(14-4-1)34-23-26-37(27-24-34)51(38-28-25-33-15-7-8-18-36(33)31-38)43-30-29-40(45-39-19-9-12-22-44(39)52-48(43)45)47-46(35-16-5-2-6-17-35)49-41-20-10-11-21-42(41)50-47/h1-31,46-47,49-50H. The van der Waals surface area contributed by atoms with E-state index in [4.69, 9.17) is 4.42 Å². The van der Waals surface area contributed by atoms with Gasteiger partial charge in [0.25, 0.3) is 0 Å². The number of hydrogen-bond donors (Lipinski definition) is 2. The van der Waals surface area contributed by atoms with E-state index in [1.54, 1.807) is 0 Å². The summed E-state index contributed by atoms with van der Waals surface area (Å²) in [5.41, 5.74) is 11.8. The Bertz CT molecular complexity index is 2700. The van der Waals surface area contributed by atoms with Gasteiger partial charge in [0.05, 0.1) is 29.1 Å². The maximum absolute atomic E-state index is 6.94. The van der Waals surface area contributed by atoms with Gasteiger partial charge in [-0.05, 0) is 81.6 Å². The lowest BCUT2D eigenvalue weighted by Gasteiger charge is -2.37. The fourth-order valence-corrected chi connectivity index (χ4v) is 7.88. The number of rotatable bonds is 6. The van der Waals surface area contributed by atoms with Crippen molar-refractivity contribution in [3.63, 3.8) is 0 Å². The highest BCUT2D eigenvalue weighted by atomic mass is 16.3. The monoisotopic (exact) mass is 669 g/mol. The molecule has 248 valence electrons. The molecule has 0 radical (unpaired) electrons. The molecule has 52 heavy (non-hydrogen) atoms. The van der Waals surface area contributed by atoms with Gasteiger partial charge in [0.2, 0.25) is 0 Å². The van der Waals surface area contributed by atoms with Crippen molar-refractivity contribution in [3.05, 3.63) is 199 Å². The van der Waals surface area contributed by atoms with Gasteiger partial charge in [-0.25, -0.2) is 0 Å². The van der Waals surface area contributed by atoms with Gasteiger partial charge >= 0.3 is 0 Å². The van der Waals surface area contributed by atoms with Crippen LogP contribution in [0.5, 0.6) is 0 Å². The molecule has 1 aliphatic rings. The average Bonchev–Trinajstić information content (AvgIpc) is 3.62. The van der Waals surface area contributed by atoms with Crippen LogP contribution in [0, 0.1) is 0 Å². The molecule has 0 spiro atoms. The second-order valence-corrected chi connectivity index (χ2v) is 13.5. The minimum absolute atomic E-state index is 0.0130. The highest BCUT2D eigenvalue weighted by Crippen LogP contribution is 2.49. The lowest BCUT2D eigenvalue weighted by atomic mass is 9.88. The molecule has 0 amide bonds. The third-order valence-electron chi connectivity index (χ3n) is 10.4. The topological polar surface area (TPSA) is 40.4 Å². The first kappa shape index (κ1) is 30.1. The van der Waals surface area contributed by atoms with Gasteiger partial charge in [0.1, 0.15) is 5.58 Å². The second-order valence-electron chi connectivity index (χ2n) is 13.5. The fraction of sp³-hybridized carbons (Fsp3) is 0.0417. The Hall–Kier alpha value is -6.78. The molecule has 1 aliphatic heterocycles. The van der Waals surface area contributed by atoms with Crippen LogP contribution in [0.15, 0.2) is 192 Å². The molecule has 4 nitrogen and oxygen atoms in total. The number of nitrogens with zero attached hydrogens (tertiary/aromatic N) is 1. The van der Waals surface area contributed by atoms with E-state index in [2.05, 4.69) is 204 Å². The van der Waals surface area contributed by atoms with Crippen LogP contribution < -0.4 is 15.5 Å². The number of fused-ring (bicyclic) bond motifs is 5. The summed E-state index contributed by atoms with van der Waals surface area (Å²) in [7, 11) is 0. The summed E-state index contributed by atoms with van der Waals surface area (Å²) < 4.78 is 6.94. The number of para-hydroxylation sites is 3. The van der Waals surface area contributed by atoms with Crippen LogP contribution in [0.3, 0.4) is 0 Å². The van der Waals surface area contributed by atoms with Crippen molar-refractivity contribution < 1.29 is 4.42 Å². The molecule has 2 N–H and O–H groups in total. The summed E-state index contributed by atoms with van der Waals surface area (Å²) in [6.07, 6.45) is 0. The van der Waals surface area contributed by atoms with Crippen molar-refractivity contribution in [3.8, 4) is 11.1 Å². The largest absolute Gasteiger partial charge is 0.454 e. The molecule has 1 aromatic heterocycles. The van der Waals surface area contributed by atoms with Crippen LogP contribution in [0.4, 0.5) is 28.4 Å². The van der Waals surface area contributed by atoms with E-state index in [-0.39, 0.29) is 12.1 Å². The number of anilines is 5. The third-order valence-corrected chi connectivity index (χ3v) is 10.4. The lowest BCUT2D eigenvalue weighted by molar-refractivity contribution is 0.638. The normalized spacial score (nSPS) is 15.2. The molecule has 0 saturated heterocycles. The minimum atomic E-state index is -0.0749. The fourth-order valence-electron chi connectivity index (χ4n) is 7.88. The highest BCUT2D eigenvalue weighted by molar-refractivity contribution is 6.12. The maximum atomic E-state index is 6.94. The first-order valence-corrected chi connectivity index (χ1v) is 17.8. The van der Waals surface area contributed by atoms with E-state index >= 15 is 0 Å². The van der Waals surface area contributed by atoms with Crippen LogP contribution in [-0.4, -0.2) is 0 Å². The van der Waals surface area contributed by atoms with Gasteiger partial charge < -0.3 is 20.0 Å². The lowest BCUT2D eigenvalue weighted by Crippen LogP contribution is -2.30. The van der Waals surface area contributed by atoms with Crippen LogP contribution in [0.2, 0.25) is 0 Å². The summed E-state index contributed by atoms with van der Waals surface area (Å²) in [6.45, 7) is 0. The van der Waals surface area contributed by atoms with Crippen LogP contribution in [0.1, 0.15) is 23.2 Å². The molecule has 10 rings (SSSR count). The Morgan fingerprint density at radius 1 is 0.462 bits per heavy atom. The summed E-state index contributed by atoms with van der Waals surface area (Å²) in [5, 5.41) is 12.4. The number of benzene rings is 8.